The van der Waals surface area contributed by atoms with Crippen LogP contribution in [0.15, 0.2) is 60.3 Å². The Morgan fingerprint density at radius 1 is 0.862 bits per heavy atom. The fourth-order valence-corrected chi connectivity index (χ4v) is 3.62. The molecule has 0 saturated carbocycles. The molecule has 0 atom stereocenters. The van der Waals surface area contributed by atoms with Crippen molar-refractivity contribution in [2.75, 3.05) is 14.1 Å². The average Bonchev–Trinajstić information content (AvgIpc) is 3.07. The molecule has 6 nitrogen and oxygen atoms in total. The highest BCUT2D eigenvalue weighted by atomic mass is 16.2. The number of aryl methyl sites for hydroxylation is 1. The van der Waals surface area contributed by atoms with Crippen LogP contribution in [0.5, 0.6) is 0 Å². The summed E-state index contributed by atoms with van der Waals surface area (Å²) in [5.41, 5.74) is 4.15. The Labute approximate surface area is 168 Å². The molecule has 2 heterocycles. The number of para-hydroxylation sites is 1. The van der Waals surface area contributed by atoms with Gasteiger partial charge < -0.3 is 4.57 Å². The highest BCUT2D eigenvalue weighted by molar-refractivity contribution is 6.31. The maximum atomic E-state index is 12.6. The van der Waals surface area contributed by atoms with Crippen molar-refractivity contribution in [3.63, 3.8) is 0 Å². The van der Waals surface area contributed by atoms with Crippen LogP contribution in [0.25, 0.3) is 17.0 Å². The number of imide groups is 2. The van der Waals surface area contributed by atoms with Gasteiger partial charge in [0, 0.05) is 43.3 Å². The first-order valence-corrected chi connectivity index (χ1v) is 9.32. The number of nitrogens with zero attached hydrogens (tertiary/aromatic N) is 3. The number of urea groups is 1. The maximum absolute atomic E-state index is 12.6. The summed E-state index contributed by atoms with van der Waals surface area (Å²) in [4.78, 5) is 39.0. The van der Waals surface area contributed by atoms with Gasteiger partial charge >= 0.3 is 6.03 Å². The molecule has 6 heteroatoms. The molecule has 1 saturated heterocycles. The van der Waals surface area contributed by atoms with E-state index in [1.807, 2.05) is 42.6 Å². The number of aromatic nitrogens is 1. The summed E-state index contributed by atoms with van der Waals surface area (Å²) in [7, 11) is 2.76. The number of carbonyl (C=O) groups excluding carboxylic acids is 3. The number of carbonyl (C=O) groups is 3. The summed E-state index contributed by atoms with van der Waals surface area (Å²) in [5.74, 6) is -1.18. The van der Waals surface area contributed by atoms with Crippen LogP contribution >= 0.6 is 0 Å². The third kappa shape index (κ3) is 3.12. The lowest BCUT2D eigenvalue weighted by Gasteiger charge is -2.28. The van der Waals surface area contributed by atoms with E-state index in [4.69, 9.17) is 0 Å². The van der Waals surface area contributed by atoms with Gasteiger partial charge in [0.05, 0.1) is 0 Å². The van der Waals surface area contributed by atoms with Crippen molar-refractivity contribution in [1.29, 1.82) is 0 Å². The SMILES string of the molecule is Cc1ccccc1Cn1cc(C=C2C(=O)N(C)C(=O)N(C)C2=O)c2ccccc21. The van der Waals surface area contributed by atoms with Crippen LogP contribution in [-0.4, -0.2) is 46.3 Å². The molecule has 1 fully saturated rings. The lowest BCUT2D eigenvalue weighted by molar-refractivity contribution is -0.134. The summed E-state index contributed by atoms with van der Waals surface area (Å²) in [5, 5.41) is 0.941. The van der Waals surface area contributed by atoms with Crippen molar-refractivity contribution in [2.24, 2.45) is 0 Å². The Morgan fingerprint density at radius 3 is 2.17 bits per heavy atom. The van der Waals surface area contributed by atoms with Crippen LogP contribution in [-0.2, 0) is 16.1 Å². The van der Waals surface area contributed by atoms with E-state index in [1.165, 1.54) is 25.2 Å². The molecule has 146 valence electrons. The van der Waals surface area contributed by atoms with Gasteiger partial charge in [-0.2, -0.15) is 0 Å². The molecule has 0 unspecified atom stereocenters. The first-order chi connectivity index (χ1) is 13.9. The minimum atomic E-state index is -0.626. The van der Waals surface area contributed by atoms with E-state index in [-0.39, 0.29) is 5.57 Å². The summed E-state index contributed by atoms with van der Waals surface area (Å²) in [6.45, 7) is 2.75. The largest absolute Gasteiger partial charge is 0.342 e. The van der Waals surface area contributed by atoms with Crippen LogP contribution in [0, 0.1) is 6.92 Å². The van der Waals surface area contributed by atoms with Gasteiger partial charge in [-0.05, 0) is 30.2 Å². The van der Waals surface area contributed by atoms with E-state index in [2.05, 4.69) is 23.6 Å². The molecular formula is C23H21N3O3. The molecule has 1 aliphatic rings. The number of amides is 4. The predicted molar refractivity (Wildman–Crippen MR) is 111 cm³/mol. The van der Waals surface area contributed by atoms with E-state index in [9.17, 15) is 14.4 Å². The van der Waals surface area contributed by atoms with Crippen LogP contribution in [0.1, 0.15) is 16.7 Å². The molecule has 3 aromatic rings. The average molecular weight is 387 g/mol. The Balaban J connectivity index is 1.82. The van der Waals surface area contributed by atoms with Crippen molar-refractivity contribution in [1.82, 2.24) is 14.4 Å². The summed E-state index contributed by atoms with van der Waals surface area (Å²) < 4.78 is 2.11. The third-order valence-electron chi connectivity index (χ3n) is 5.37. The number of fused-ring (bicyclic) bond motifs is 1. The van der Waals surface area contributed by atoms with E-state index in [1.54, 1.807) is 6.08 Å². The van der Waals surface area contributed by atoms with Gasteiger partial charge in [-0.25, -0.2) is 4.79 Å². The lowest BCUT2D eigenvalue weighted by Crippen LogP contribution is -2.52. The van der Waals surface area contributed by atoms with Crippen molar-refractivity contribution >= 4 is 34.8 Å². The standard InChI is InChI=1S/C23H21N3O3/c1-15-8-4-5-9-16(15)13-26-14-17(18-10-6-7-11-20(18)26)12-19-21(27)24(2)23(29)25(3)22(19)28/h4-12,14H,13H2,1-3H3. The third-order valence-corrected chi connectivity index (χ3v) is 5.37. The number of hydrogen-bond acceptors (Lipinski definition) is 3. The minimum absolute atomic E-state index is 0.0200. The van der Waals surface area contributed by atoms with Gasteiger partial charge in [-0.15, -0.1) is 0 Å². The van der Waals surface area contributed by atoms with Crippen LogP contribution in [0.4, 0.5) is 4.79 Å². The zero-order valence-corrected chi connectivity index (χ0v) is 16.5. The number of rotatable bonds is 3. The number of hydrogen-bond donors (Lipinski definition) is 0. The fourth-order valence-electron chi connectivity index (χ4n) is 3.62. The van der Waals surface area contributed by atoms with Gasteiger partial charge in [-0.3, -0.25) is 19.4 Å². The van der Waals surface area contributed by atoms with Gasteiger partial charge in [-0.1, -0.05) is 42.5 Å². The topological polar surface area (TPSA) is 62.6 Å². The molecule has 29 heavy (non-hydrogen) atoms. The number of barbiturate groups is 1. The molecule has 1 aromatic heterocycles. The smallest absolute Gasteiger partial charge is 0.333 e. The highest BCUT2D eigenvalue weighted by Crippen LogP contribution is 2.27. The first-order valence-electron chi connectivity index (χ1n) is 9.32. The Hall–Kier alpha value is -3.67. The zero-order chi connectivity index (χ0) is 20.7. The van der Waals surface area contributed by atoms with Crippen molar-refractivity contribution < 1.29 is 14.4 Å². The van der Waals surface area contributed by atoms with Crippen LogP contribution in [0.2, 0.25) is 0 Å². The zero-order valence-electron chi connectivity index (χ0n) is 16.5. The van der Waals surface area contributed by atoms with Gasteiger partial charge in [0.2, 0.25) is 0 Å². The van der Waals surface area contributed by atoms with Crippen LogP contribution in [0.3, 0.4) is 0 Å². The minimum Gasteiger partial charge on any atom is -0.342 e. The van der Waals surface area contributed by atoms with E-state index in [0.717, 1.165) is 26.3 Å². The molecule has 1 aliphatic heterocycles. The molecule has 0 aliphatic carbocycles. The van der Waals surface area contributed by atoms with Crippen LogP contribution < -0.4 is 0 Å². The maximum Gasteiger partial charge on any atom is 0.333 e. The lowest BCUT2D eigenvalue weighted by atomic mass is 10.1. The van der Waals surface area contributed by atoms with Gasteiger partial charge in [0.1, 0.15) is 5.57 Å². The second-order valence-corrected chi connectivity index (χ2v) is 7.22. The van der Waals surface area contributed by atoms with Crippen molar-refractivity contribution in [3.8, 4) is 0 Å². The molecule has 2 aromatic carbocycles. The Kier molecular flexibility index (Phi) is 4.54. The summed E-state index contributed by atoms with van der Waals surface area (Å²) in [6.07, 6.45) is 3.53. The molecule has 4 amide bonds. The van der Waals surface area contributed by atoms with Gasteiger partial charge in [0.25, 0.3) is 11.8 Å². The quantitative estimate of drug-likeness (QED) is 0.511. The molecule has 0 radical (unpaired) electrons. The monoisotopic (exact) mass is 387 g/mol. The molecule has 0 bridgehead atoms. The Bertz CT molecular complexity index is 1160. The Morgan fingerprint density at radius 2 is 1.48 bits per heavy atom. The van der Waals surface area contributed by atoms with Gasteiger partial charge in [0.15, 0.2) is 0 Å². The molecule has 4 rings (SSSR count). The molecule has 0 spiro atoms. The fraction of sp³-hybridized carbons (Fsp3) is 0.174. The second kappa shape index (κ2) is 7.05. The normalized spacial score (nSPS) is 14.9. The van der Waals surface area contributed by atoms with Crippen molar-refractivity contribution in [3.05, 3.63) is 77.0 Å². The van der Waals surface area contributed by atoms with E-state index in [0.29, 0.717) is 6.54 Å². The molecular weight excluding hydrogens is 366 g/mol. The van der Waals surface area contributed by atoms with E-state index >= 15 is 0 Å². The highest BCUT2D eigenvalue weighted by Gasteiger charge is 2.37. The molecule has 0 N–H and O–H groups in total. The van der Waals surface area contributed by atoms with Crippen molar-refractivity contribution in [2.45, 2.75) is 13.5 Å². The number of benzene rings is 2. The number of likely N-dealkylation sites (N-methyl/N-ethyl adjacent to an activating group) is 2. The summed E-state index contributed by atoms with van der Waals surface area (Å²) >= 11 is 0. The first kappa shape index (κ1) is 18.7. The summed E-state index contributed by atoms with van der Waals surface area (Å²) in [6, 6.07) is 15.4. The second-order valence-electron chi connectivity index (χ2n) is 7.22. The predicted octanol–water partition coefficient (Wildman–Crippen LogP) is 3.43. The van der Waals surface area contributed by atoms with E-state index < -0.39 is 17.8 Å².